The highest BCUT2D eigenvalue weighted by atomic mass is 16.5. The molecule has 5 nitrogen and oxygen atoms in total. The Bertz CT molecular complexity index is 230. The number of aliphatic hydroxyl groups is 1. The molecule has 1 heterocycles. The van der Waals surface area contributed by atoms with E-state index in [1.165, 1.54) is 0 Å². The Kier molecular flexibility index (Phi) is 8.20. The highest BCUT2D eigenvalue weighted by Crippen LogP contribution is 1.98. The summed E-state index contributed by atoms with van der Waals surface area (Å²) in [6, 6.07) is 0. The van der Waals surface area contributed by atoms with Gasteiger partial charge in [0.2, 0.25) is 0 Å². The molecule has 0 bridgehead atoms. The van der Waals surface area contributed by atoms with Gasteiger partial charge in [-0.25, -0.2) is 0 Å². The van der Waals surface area contributed by atoms with Crippen molar-refractivity contribution >= 4 is 0 Å². The van der Waals surface area contributed by atoms with Crippen LogP contribution in [0.3, 0.4) is 0 Å². The van der Waals surface area contributed by atoms with Gasteiger partial charge < -0.3 is 19.9 Å². The SMILES string of the molecule is C=C(C)COCCNCC(O)CN1CCOCC1. The van der Waals surface area contributed by atoms with Crippen molar-refractivity contribution in [1.82, 2.24) is 10.2 Å². The zero-order valence-corrected chi connectivity index (χ0v) is 11.4. The van der Waals surface area contributed by atoms with Crippen molar-refractivity contribution < 1.29 is 14.6 Å². The first-order chi connectivity index (χ1) is 8.68. The summed E-state index contributed by atoms with van der Waals surface area (Å²) in [7, 11) is 0. The third-order valence-corrected chi connectivity index (χ3v) is 2.72. The molecular weight excluding hydrogens is 232 g/mol. The number of hydrogen-bond donors (Lipinski definition) is 2. The smallest absolute Gasteiger partial charge is 0.0791 e. The Morgan fingerprint density at radius 2 is 2.22 bits per heavy atom. The van der Waals surface area contributed by atoms with E-state index in [1.54, 1.807) is 0 Å². The Morgan fingerprint density at radius 1 is 1.50 bits per heavy atom. The molecule has 1 atom stereocenters. The van der Waals surface area contributed by atoms with Crippen molar-refractivity contribution in [2.45, 2.75) is 13.0 Å². The standard InChI is InChI=1S/C13H26N2O3/c1-12(2)11-18-6-3-14-9-13(16)10-15-4-7-17-8-5-15/h13-14,16H,1,3-11H2,2H3. The zero-order valence-electron chi connectivity index (χ0n) is 11.4. The van der Waals surface area contributed by atoms with E-state index in [1.807, 2.05) is 6.92 Å². The van der Waals surface area contributed by atoms with Crippen molar-refractivity contribution in [2.75, 3.05) is 59.2 Å². The van der Waals surface area contributed by atoms with Crippen molar-refractivity contribution in [3.63, 3.8) is 0 Å². The molecule has 0 amide bonds. The molecule has 0 aromatic heterocycles. The van der Waals surface area contributed by atoms with Crippen LogP contribution in [0.15, 0.2) is 12.2 Å². The van der Waals surface area contributed by atoms with Crippen molar-refractivity contribution in [1.29, 1.82) is 0 Å². The number of morpholine rings is 1. The molecule has 1 aliphatic rings. The molecule has 0 spiro atoms. The van der Waals surface area contributed by atoms with Crippen LogP contribution in [0, 0.1) is 0 Å². The van der Waals surface area contributed by atoms with E-state index in [4.69, 9.17) is 9.47 Å². The average Bonchev–Trinajstić information content (AvgIpc) is 2.34. The van der Waals surface area contributed by atoms with Crippen LogP contribution in [0.5, 0.6) is 0 Å². The summed E-state index contributed by atoms with van der Waals surface area (Å²) in [6.45, 7) is 12.4. The summed E-state index contributed by atoms with van der Waals surface area (Å²) < 4.78 is 10.6. The molecule has 0 aliphatic carbocycles. The minimum atomic E-state index is -0.329. The molecular formula is C13H26N2O3. The second-order valence-corrected chi connectivity index (χ2v) is 4.78. The van der Waals surface area contributed by atoms with Crippen molar-refractivity contribution in [3.05, 3.63) is 12.2 Å². The lowest BCUT2D eigenvalue weighted by molar-refractivity contribution is 0.0146. The summed E-state index contributed by atoms with van der Waals surface area (Å²) >= 11 is 0. The second kappa shape index (κ2) is 9.47. The van der Waals surface area contributed by atoms with Gasteiger partial charge in [0.15, 0.2) is 0 Å². The first-order valence-corrected chi connectivity index (χ1v) is 6.59. The fourth-order valence-corrected chi connectivity index (χ4v) is 1.81. The number of nitrogens with one attached hydrogen (secondary N) is 1. The third kappa shape index (κ3) is 7.79. The Balaban J connectivity index is 1.92. The van der Waals surface area contributed by atoms with Crippen molar-refractivity contribution in [3.8, 4) is 0 Å². The summed E-state index contributed by atoms with van der Waals surface area (Å²) in [5.74, 6) is 0. The van der Waals surface area contributed by atoms with Crippen molar-refractivity contribution in [2.24, 2.45) is 0 Å². The highest BCUT2D eigenvalue weighted by molar-refractivity contribution is 4.87. The van der Waals surface area contributed by atoms with Gasteiger partial charge in [0.25, 0.3) is 0 Å². The van der Waals surface area contributed by atoms with Crippen LogP contribution in [-0.2, 0) is 9.47 Å². The van der Waals surface area contributed by atoms with Crippen LogP contribution in [0.25, 0.3) is 0 Å². The first-order valence-electron chi connectivity index (χ1n) is 6.59. The lowest BCUT2D eigenvalue weighted by Crippen LogP contribution is -2.44. The highest BCUT2D eigenvalue weighted by Gasteiger charge is 2.14. The Labute approximate surface area is 110 Å². The van der Waals surface area contributed by atoms with Gasteiger partial charge in [-0.2, -0.15) is 0 Å². The van der Waals surface area contributed by atoms with E-state index in [0.29, 0.717) is 26.3 Å². The fraction of sp³-hybridized carbons (Fsp3) is 0.846. The zero-order chi connectivity index (χ0) is 13.2. The van der Waals surface area contributed by atoms with Crippen LogP contribution in [0.2, 0.25) is 0 Å². The number of aliphatic hydroxyl groups excluding tert-OH is 1. The maximum Gasteiger partial charge on any atom is 0.0791 e. The molecule has 1 rings (SSSR count). The molecule has 0 aromatic rings. The molecule has 1 saturated heterocycles. The van der Waals surface area contributed by atoms with Gasteiger partial charge >= 0.3 is 0 Å². The molecule has 2 N–H and O–H groups in total. The summed E-state index contributed by atoms with van der Waals surface area (Å²) in [5, 5.41) is 13.0. The van der Waals surface area contributed by atoms with Gasteiger partial charge in [-0.1, -0.05) is 12.2 Å². The topological polar surface area (TPSA) is 54.0 Å². The number of nitrogens with zero attached hydrogens (tertiary/aromatic N) is 1. The quantitative estimate of drug-likeness (QED) is 0.445. The average molecular weight is 258 g/mol. The number of β-amino-alcohol motifs (C(OH)–C–C–N with tert-alkyl or cyclic N) is 1. The van der Waals surface area contributed by atoms with Gasteiger partial charge in [0.05, 0.1) is 32.5 Å². The van der Waals surface area contributed by atoms with Crippen LogP contribution >= 0.6 is 0 Å². The normalized spacial score (nSPS) is 18.8. The summed E-state index contributed by atoms with van der Waals surface area (Å²) in [5.41, 5.74) is 1.03. The minimum absolute atomic E-state index is 0.329. The maximum atomic E-state index is 9.85. The molecule has 5 heteroatoms. The summed E-state index contributed by atoms with van der Waals surface area (Å²) in [4.78, 5) is 2.23. The van der Waals surface area contributed by atoms with Gasteiger partial charge in [-0.05, 0) is 6.92 Å². The predicted molar refractivity (Wildman–Crippen MR) is 71.8 cm³/mol. The molecule has 0 saturated carbocycles. The van der Waals surface area contributed by atoms with E-state index < -0.39 is 0 Å². The Hall–Kier alpha value is -0.460. The van der Waals surface area contributed by atoms with Crippen LogP contribution in [0.4, 0.5) is 0 Å². The van der Waals surface area contributed by atoms with E-state index in [9.17, 15) is 5.11 Å². The monoisotopic (exact) mass is 258 g/mol. The molecule has 106 valence electrons. The molecule has 1 fully saturated rings. The van der Waals surface area contributed by atoms with Crippen LogP contribution in [0.1, 0.15) is 6.92 Å². The van der Waals surface area contributed by atoms with E-state index in [-0.39, 0.29) is 6.10 Å². The molecule has 1 unspecified atom stereocenters. The largest absolute Gasteiger partial charge is 0.390 e. The Morgan fingerprint density at radius 3 is 2.89 bits per heavy atom. The van der Waals surface area contributed by atoms with Gasteiger partial charge in [-0.3, -0.25) is 4.90 Å². The fourth-order valence-electron chi connectivity index (χ4n) is 1.81. The predicted octanol–water partition coefficient (Wildman–Crippen LogP) is -0.138. The van der Waals surface area contributed by atoms with E-state index in [0.717, 1.165) is 38.4 Å². The molecule has 0 radical (unpaired) electrons. The molecule has 0 aromatic carbocycles. The lowest BCUT2D eigenvalue weighted by Gasteiger charge is -2.28. The molecule has 18 heavy (non-hydrogen) atoms. The lowest BCUT2D eigenvalue weighted by atomic mass is 10.3. The number of rotatable bonds is 9. The minimum Gasteiger partial charge on any atom is -0.390 e. The number of hydrogen-bond acceptors (Lipinski definition) is 5. The maximum absolute atomic E-state index is 9.85. The molecule has 1 aliphatic heterocycles. The van der Waals surface area contributed by atoms with E-state index >= 15 is 0 Å². The van der Waals surface area contributed by atoms with Gasteiger partial charge in [0, 0.05) is 32.7 Å². The second-order valence-electron chi connectivity index (χ2n) is 4.78. The van der Waals surface area contributed by atoms with Gasteiger partial charge in [0.1, 0.15) is 0 Å². The van der Waals surface area contributed by atoms with Gasteiger partial charge in [-0.15, -0.1) is 0 Å². The first kappa shape index (κ1) is 15.6. The van der Waals surface area contributed by atoms with Crippen LogP contribution in [-0.4, -0.2) is 75.3 Å². The summed E-state index contributed by atoms with van der Waals surface area (Å²) in [6.07, 6.45) is -0.329. The number of ether oxygens (including phenoxy) is 2. The van der Waals surface area contributed by atoms with Crippen LogP contribution < -0.4 is 5.32 Å². The van der Waals surface area contributed by atoms with E-state index in [2.05, 4.69) is 16.8 Å². The third-order valence-electron chi connectivity index (χ3n) is 2.72.